The molecule has 1 saturated heterocycles. The van der Waals surface area contributed by atoms with Crippen LogP contribution >= 0.6 is 11.3 Å². The van der Waals surface area contributed by atoms with Crippen LogP contribution in [0.25, 0.3) is 0 Å². The summed E-state index contributed by atoms with van der Waals surface area (Å²) in [5, 5.41) is -0.765. The van der Waals surface area contributed by atoms with E-state index in [1.165, 1.54) is 6.20 Å². The Labute approximate surface area is 108 Å². The topological polar surface area (TPSA) is 42.2 Å². The Kier molecular flexibility index (Phi) is 3.93. The van der Waals surface area contributed by atoms with Crippen LogP contribution in [0.2, 0.25) is 0 Å². The zero-order valence-corrected chi connectivity index (χ0v) is 10.9. The Morgan fingerprint density at radius 1 is 1.56 bits per heavy atom. The largest absolute Gasteiger partial charge is 0.443 e. The molecule has 0 radical (unpaired) electrons. The van der Waals surface area contributed by atoms with Gasteiger partial charge in [-0.1, -0.05) is 6.92 Å². The third-order valence-electron chi connectivity index (χ3n) is 3.23. The Hall–Kier alpha value is -0.660. The van der Waals surface area contributed by atoms with Crippen LogP contribution in [-0.4, -0.2) is 29.0 Å². The van der Waals surface area contributed by atoms with Crippen molar-refractivity contribution in [3.8, 4) is 0 Å². The fraction of sp³-hybridized carbons (Fsp3) is 0.727. The van der Waals surface area contributed by atoms with Crippen molar-refractivity contribution < 1.29 is 13.2 Å². The molecule has 0 saturated carbocycles. The van der Waals surface area contributed by atoms with Gasteiger partial charge in [-0.05, 0) is 12.3 Å². The van der Waals surface area contributed by atoms with E-state index in [2.05, 4.69) is 16.8 Å². The Bertz CT molecular complexity index is 404. The third kappa shape index (κ3) is 3.21. The van der Waals surface area contributed by atoms with Gasteiger partial charge in [-0.2, -0.15) is 13.2 Å². The number of hydrogen-bond acceptors (Lipinski definition) is 4. The van der Waals surface area contributed by atoms with E-state index < -0.39 is 11.2 Å². The molecule has 1 fully saturated rings. The normalized spacial score (nSPS) is 26.5. The molecular formula is C11H16F3N3S. The minimum absolute atomic E-state index is 0.202. The summed E-state index contributed by atoms with van der Waals surface area (Å²) in [5.41, 5.74) is 5.91. The predicted molar refractivity (Wildman–Crippen MR) is 64.1 cm³/mol. The van der Waals surface area contributed by atoms with Gasteiger partial charge in [-0.15, -0.1) is 11.3 Å². The monoisotopic (exact) mass is 279 g/mol. The second-order valence-corrected chi connectivity index (χ2v) is 5.91. The lowest BCUT2D eigenvalue weighted by molar-refractivity contribution is -0.137. The molecule has 2 atom stereocenters. The van der Waals surface area contributed by atoms with E-state index >= 15 is 0 Å². The number of hydrogen-bond donors (Lipinski definition) is 1. The Balaban J connectivity index is 1.96. The first-order chi connectivity index (χ1) is 8.36. The van der Waals surface area contributed by atoms with Crippen molar-refractivity contribution in [1.29, 1.82) is 0 Å². The smallest absolute Gasteiger partial charge is 0.327 e. The second kappa shape index (κ2) is 5.14. The van der Waals surface area contributed by atoms with Crippen molar-refractivity contribution >= 4 is 11.3 Å². The van der Waals surface area contributed by atoms with Gasteiger partial charge in [0.05, 0.1) is 0 Å². The van der Waals surface area contributed by atoms with Crippen LogP contribution in [0.15, 0.2) is 6.20 Å². The third-order valence-corrected chi connectivity index (χ3v) is 4.26. The quantitative estimate of drug-likeness (QED) is 0.903. The maximum atomic E-state index is 12.4. The van der Waals surface area contributed by atoms with Gasteiger partial charge in [0.15, 0.2) is 5.01 Å². The van der Waals surface area contributed by atoms with E-state index in [1.807, 2.05) is 0 Å². The summed E-state index contributed by atoms with van der Waals surface area (Å²) < 4.78 is 37.2. The van der Waals surface area contributed by atoms with E-state index in [-0.39, 0.29) is 6.04 Å². The summed E-state index contributed by atoms with van der Waals surface area (Å²) >= 11 is 0.726. The molecule has 0 amide bonds. The highest BCUT2D eigenvalue weighted by molar-refractivity contribution is 7.11. The van der Waals surface area contributed by atoms with Gasteiger partial charge in [0.2, 0.25) is 0 Å². The molecule has 18 heavy (non-hydrogen) atoms. The maximum Gasteiger partial charge on any atom is 0.443 e. The number of alkyl halides is 3. The number of thiazole rings is 1. The van der Waals surface area contributed by atoms with E-state index in [9.17, 15) is 13.2 Å². The molecule has 2 unspecified atom stereocenters. The average molecular weight is 279 g/mol. The molecule has 1 aliphatic heterocycles. The molecule has 0 bridgehead atoms. The molecule has 2 heterocycles. The first-order valence-electron chi connectivity index (χ1n) is 5.86. The van der Waals surface area contributed by atoms with Crippen molar-refractivity contribution in [2.75, 3.05) is 13.1 Å². The van der Waals surface area contributed by atoms with Crippen LogP contribution in [0, 0.1) is 5.92 Å². The molecule has 1 aromatic heterocycles. The minimum atomic E-state index is -4.33. The number of rotatable bonds is 2. The molecule has 3 nitrogen and oxygen atoms in total. The minimum Gasteiger partial charge on any atom is -0.327 e. The molecule has 102 valence electrons. The summed E-state index contributed by atoms with van der Waals surface area (Å²) in [4.78, 5) is 6.23. The molecule has 1 aliphatic rings. The first kappa shape index (κ1) is 13.8. The number of likely N-dealkylation sites (tertiary alicyclic amines) is 1. The average Bonchev–Trinajstić information content (AvgIpc) is 2.72. The van der Waals surface area contributed by atoms with Crippen molar-refractivity contribution in [2.24, 2.45) is 11.7 Å². The summed E-state index contributed by atoms with van der Waals surface area (Å²) in [6.45, 7) is 4.28. The highest BCUT2D eigenvalue weighted by Gasteiger charge is 2.34. The van der Waals surface area contributed by atoms with Crippen LogP contribution in [0.5, 0.6) is 0 Å². The van der Waals surface area contributed by atoms with E-state index in [4.69, 9.17) is 5.73 Å². The SMILES string of the molecule is CC1CN(Cc2cnc(C(F)(F)F)s2)CCC1N. The van der Waals surface area contributed by atoms with Crippen LogP contribution in [0.4, 0.5) is 13.2 Å². The molecular weight excluding hydrogens is 263 g/mol. The molecule has 2 rings (SSSR count). The summed E-state index contributed by atoms with van der Waals surface area (Å²) in [5.74, 6) is 0.383. The lowest BCUT2D eigenvalue weighted by Crippen LogP contribution is -2.45. The number of aromatic nitrogens is 1. The fourth-order valence-corrected chi connectivity index (χ4v) is 2.95. The van der Waals surface area contributed by atoms with Gasteiger partial charge >= 0.3 is 6.18 Å². The van der Waals surface area contributed by atoms with Gasteiger partial charge in [-0.25, -0.2) is 4.98 Å². The standard InChI is InChI=1S/C11H16F3N3S/c1-7-5-17(3-2-9(7)15)6-8-4-16-10(18-8)11(12,13)14/h4,7,9H,2-3,5-6,15H2,1H3. The van der Waals surface area contributed by atoms with Gasteiger partial charge < -0.3 is 5.73 Å². The van der Waals surface area contributed by atoms with Crippen LogP contribution < -0.4 is 5.73 Å². The summed E-state index contributed by atoms with van der Waals surface area (Å²) in [7, 11) is 0. The van der Waals surface area contributed by atoms with Crippen molar-refractivity contribution in [2.45, 2.75) is 32.1 Å². The first-order valence-corrected chi connectivity index (χ1v) is 6.67. The Morgan fingerprint density at radius 2 is 2.28 bits per heavy atom. The van der Waals surface area contributed by atoms with E-state index in [0.717, 1.165) is 30.8 Å². The van der Waals surface area contributed by atoms with Crippen LogP contribution in [0.3, 0.4) is 0 Å². The molecule has 2 N–H and O–H groups in total. The van der Waals surface area contributed by atoms with Crippen molar-refractivity contribution in [3.05, 3.63) is 16.1 Å². The second-order valence-electron chi connectivity index (χ2n) is 4.79. The molecule has 1 aromatic rings. The zero-order chi connectivity index (χ0) is 13.3. The van der Waals surface area contributed by atoms with Gasteiger partial charge in [0.25, 0.3) is 0 Å². The highest BCUT2D eigenvalue weighted by atomic mass is 32.1. The van der Waals surface area contributed by atoms with Crippen LogP contribution in [0.1, 0.15) is 23.2 Å². The predicted octanol–water partition coefficient (Wildman–Crippen LogP) is 2.33. The van der Waals surface area contributed by atoms with Gasteiger partial charge in [-0.3, -0.25) is 4.90 Å². The number of halogens is 3. The van der Waals surface area contributed by atoms with Gasteiger partial charge in [0, 0.05) is 36.8 Å². The van der Waals surface area contributed by atoms with Crippen molar-refractivity contribution in [3.63, 3.8) is 0 Å². The summed E-state index contributed by atoms with van der Waals surface area (Å²) in [6.07, 6.45) is -2.11. The molecule has 0 aliphatic carbocycles. The highest BCUT2D eigenvalue weighted by Crippen LogP contribution is 2.33. The van der Waals surface area contributed by atoms with Crippen molar-refractivity contribution in [1.82, 2.24) is 9.88 Å². The van der Waals surface area contributed by atoms with Gasteiger partial charge in [0.1, 0.15) is 0 Å². The van der Waals surface area contributed by atoms with E-state index in [1.54, 1.807) is 0 Å². The fourth-order valence-electron chi connectivity index (χ4n) is 2.13. The number of nitrogens with zero attached hydrogens (tertiary/aromatic N) is 2. The lowest BCUT2D eigenvalue weighted by Gasteiger charge is -2.34. The lowest BCUT2D eigenvalue weighted by atomic mass is 9.95. The van der Waals surface area contributed by atoms with E-state index in [0.29, 0.717) is 17.3 Å². The zero-order valence-electron chi connectivity index (χ0n) is 10.1. The molecule has 0 spiro atoms. The Morgan fingerprint density at radius 3 is 2.83 bits per heavy atom. The number of nitrogens with two attached hydrogens (primary N) is 1. The number of piperidine rings is 1. The molecule has 7 heteroatoms. The van der Waals surface area contributed by atoms with Crippen LogP contribution in [-0.2, 0) is 12.7 Å². The summed E-state index contributed by atoms with van der Waals surface area (Å²) in [6, 6.07) is 0.202. The maximum absolute atomic E-state index is 12.4. The molecule has 0 aromatic carbocycles.